The quantitative estimate of drug-likeness (QED) is 0.237. The molecule has 186 valence electrons. The van der Waals surface area contributed by atoms with Gasteiger partial charge in [0.2, 0.25) is 0 Å². The summed E-state index contributed by atoms with van der Waals surface area (Å²) >= 11 is 0. The van der Waals surface area contributed by atoms with Gasteiger partial charge in [0, 0.05) is 27.2 Å². The zero-order chi connectivity index (χ0) is 26.6. The number of para-hydroxylation sites is 1. The van der Waals surface area contributed by atoms with E-state index in [4.69, 9.17) is 4.42 Å². The lowest BCUT2D eigenvalue weighted by Gasteiger charge is -2.08. The van der Waals surface area contributed by atoms with Gasteiger partial charge in [-0.1, -0.05) is 66.7 Å². The van der Waals surface area contributed by atoms with Gasteiger partial charge in [-0.05, 0) is 89.0 Å². The van der Waals surface area contributed by atoms with Crippen molar-refractivity contribution in [3.8, 4) is 34.0 Å². The summed E-state index contributed by atoms with van der Waals surface area (Å²) in [7, 11) is 0. The average molecular weight is 511 g/mol. The van der Waals surface area contributed by atoms with Gasteiger partial charge in [0.15, 0.2) is 0 Å². The minimum absolute atomic E-state index is 0.630. The van der Waals surface area contributed by atoms with E-state index in [0.717, 1.165) is 38.8 Å². The molecule has 0 bridgehead atoms. The number of nitrogens with zero attached hydrogens (tertiary/aromatic N) is 2. The zero-order valence-corrected chi connectivity index (χ0v) is 21.5. The lowest BCUT2D eigenvalue weighted by molar-refractivity contribution is 0.669. The van der Waals surface area contributed by atoms with Crippen molar-refractivity contribution in [2.75, 3.05) is 0 Å². The molecule has 0 aliphatic rings. The number of benzene rings is 6. The molecule has 0 unspecified atom stereocenters. The average Bonchev–Trinajstić information content (AvgIpc) is 3.55. The Morgan fingerprint density at radius 2 is 1.00 bits per heavy atom. The van der Waals surface area contributed by atoms with Gasteiger partial charge in [0.05, 0.1) is 22.7 Å². The standard InChI is InChI=1S/C37H22N2O/c38-23-24-11-17-36-32(19-24)33-22-28(14-18-37(33)40-36)27-13-16-35-31(21-27)30-20-26(25-7-3-1-4-8-25)12-15-34(30)39(35)29-9-5-2-6-10-29/h1-22H. The van der Waals surface area contributed by atoms with Gasteiger partial charge in [-0.3, -0.25) is 0 Å². The number of rotatable bonds is 3. The number of nitriles is 1. The molecule has 0 spiro atoms. The van der Waals surface area contributed by atoms with Crippen LogP contribution in [0.1, 0.15) is 5.56 Å². The summed E-state index contributed by atoms with van der Waals surface area (Å²) in [6, 6.07) is 48.7. The van der Waals surface area contributed by atoms with E-state index in [1.54, 1.807) is 6.07 Å². The van der Waals surface area contributed by atoms with E-state index in [0.29, 0.717) is 5.56 Å². The summed E-state index contributed by atoms with van der Waals surface area (Å²) in [4.78, 5) is 0. The Balaban J connectivity index is 1.37. The molecule has 2 aromatic heterocycles. The van der Waals surface area contributed by atoms with Gasteiger partial charge < -0.3 is 8.98 Å². The maximum Gasteiger partial charge on any atom is 0.135 e. The summed E-state index contributed by atoms with van der Waals surface area (Å²) in [6.07, 6.45) is 0. The highest BCUT2D eigenvalue weighted by Gasteiger charge is 2.15. The van der Waals surface area contributed by atoms with Gasteiger partial charge in [0.1, 0.15) is 11.2 Å². The van der Waals surface area contributed by atoms with Crippen LogP contribution >= 0.6 is 0 Å². The molecular formula is C37H22N2O. The molecule has 0 aliphatic heterocycles. The second-order valence-electron chi connectivity index (χ2n) is 10.1. The molecule has 40 heavy (non-hydrogen) atoms. The Morgan fingerprint density at radius 1 is 0.475 bits per heavy atom. The summed E-state index contributed by atoms with van der Waals surface area (Å²) in [5, 5.41) is 13.8. The van der Waals surface area contributed by atoms with E-state index >= 15 is 0 Å². The molecule has 6 aromatic carbocycles. The van der Waals surface area contributed by atoms with E-state index in [9.17, 15) is 5.26 Å². The molecular weight excluding hydrogens is 488 g/mol. The molecule has 0 saturated carbocycles. The molecule has 0 fully saturated rings. The minimum Gasteiger partial charge on any atom is -0.456 e. The van der Waals surface area contributed by atoms with Crippen LogP contribution in [0.2, 0.25) is 0 Å². The van der Waals surface area contributed by atoms with E-state index < -0.39 is 0 Å². The minimum atomic E-state index is 0.630. The Morgan fingerprint density at radius 3 is 1.65 bits per heavy atom. The van der Waals surface area contributed by atoms with E-state index in [2.05, 4.69) is 120 Å². The third kappa shape index (κ3) is 3.44. The van der Waals surface area contributed by atoms with Gasteiger partial charge in [-0.25, -0.2) is 0 Å². The molecule has 0 saturated heterocycles. The fraction of sp³-hybridized carbons (Fsp3) is 0. The zero-order valence-electron chi connectivity index (χ0n) is 21.5. The number of hydrogen-bond acceptors (Lipinski definition) is 2. The Bertz CT molecular complexity index is 2270. The highest BCUT2D eigenvalue weighted by Crippen LogP contribution is 2.38. The molecule has 0 aliphatic carbocycles. The van der Waals surface area contributed by atoms with Crippen LogP contribution in [0.25, 0.3) is 71.7 Å². The Hall–Kier alpha value is -5.59. The molecule has 2 heterocycles. The summed E-state index contributed by atoms with van der Waals surface area (Å²) in [6.45, 7) is 0. The first-order valence-corrected chi connectivity index (χ1v) is 13.3. The van der Waals surface area contributed by atoms with Gasteiger partial charge in [-0.15, -0.1) is 0 Å². The van der Waals surface area contributed by atoms with Crippen molar-refractivity contribution in [2.45, 2.75) is 0 Å². The topological polar surface area (TPSA) is 41.9 Å². The van der Waals surface area contributed by atoms with Crippen molar-refractivity contribution in [2.24, 2.45) is 0 Å². The largest absolute Gasteiger partial charge is 0.456 e. The number of aromatic nitrogens is 1. The molecule has 3 heteroatoms. The second kappa shape index (κ2) is 8.73. The van der Waals surface area contributed by atoms with Crippen LogP contribution in [0.5, 0.6) is 0 Å². The van der Waals surface area contributed by atoms with Crippen molar-refractivity contribution in [1.82, 2.24) is 4.57 Å². The molecule has 3 nitrogen and oxygen atoms in total. The molecule has 0 amide bonds. The first kappa shape index (κ1) is 22.4. The summed E-state index contributed by atoms with van der Waals surface area (Å²) in [5.41, 5.74) is 10.4. The molecule has 8 rings (SSSR count). The third-order valence-electron chi connectivity index (χ3n) is 7.82. The van der Waals surface area contributed by atoms with E-state index in [1.165, 1.54) is 32.9 Å². The lowest BCUT2D eigenvalue weighted by Crippen LogP contribution is -1.93. The summed E-state index contributed by atoms with van der Waals surface area (Å²) in [5.74, 6) is 0. The van der Waals surface area contributed by atoms with Crippen molar-refractivity contribution < 1.29 is 4.42 Å². The predicted molar refractivity (Wildman–Crippen MR) is 164 cm³/mol. The smallest absolute Gasteiger partial charge is 0.135 e. The SMILES string of the molecule is N#Cc1ccc2oc3ccc(-c4ccc5c(c4)c4cc(-c6ccccc6)ccc4n5-c4ccccc4)cc3c2c1. The number of furan rings is 1. The van der Waals surface area contributed by atoms with Crippen molar-refractivity contribution in [3.63, 3.8) is 0 Å². The van der Waals surface area contributed by atoms with Crippen LogP contribution in [-0.4, -0.2) is 4.57 Å². The van der Waals surface area contributed by atoms with Crippen LogP contribution in [0.3, 0.4) is 0 Å². The van der Waals surface area contributed by atoms with Crippen molar-refractivity contribution in [1.29, 1.82) is 5.26 Å². The van der Waals surface area contributed by atoms with Crippen LogP contribution in [0.4, 0.5) is 0 Å². The van der Waals surface area contributed by atoms with Crippen molar-refractivity contribution in [3.05, 3.63) is 139 Å². The first-order valence-electron chi connectivity index (χ1n) is 13.3. The monoisotopic (exact) mass is 510 g/mol. The van der Waals surface area contributed by atoms with Gasteiger partial charge in [-0.2, -0.15) is 5.26 Å². The highest BCUT2D eigenvalue weighted by molar-refractivity contribution is 6.12. The summed E-state index contributed by atoms with van der Waals surface area (Å²) < 4.78 is 8.41. The second-order valence-corrected chi connectivity index (χ2v) is 10.1. The maximum absolute atomic E-state index is 9.42. The maximum atomic E-state index is 9.42. The van der Waals surface area contributed by atoms with E-state index in [-0.39, 0.29) is 0 Å². The Kier molecular flexibility index (Phi) is 4.89. The van der Waals surface area contributed by atoms with Crippen LogP contribution in [0, 0.1) is 11.3 Å². The van der Waals surface area contributed by atoms with Crippen molar-refractivity contribution >= 4 is 43.7 Å². The normalized spacial score (nSPS) is 11.5. The van der Waals surface area contributed by atoms with E-state index in [1.807, 2.05) is 18.2 Å². The molecule has 8 aromatic rings. The van der Waals surface area contributed by atoms with Crippen LogP contribution in [-0.2, 0) is 0 Å². The Labute approximate surface area is 230 Å². The van der Waals surface area contributed by atoms with Gasteiger partial charge in [0.25, 0.3) is 0 Å². The predicted octanol–water partition coefficient (Wildman–Crippen LogP) is 9.89. The molecule has 0 radical (unpaired) electrons. The lowest BCUT2D eigenvalue weighted by atomic mass is 9.99. The first-order chi connectivity index (χ1) is 19.8. The fourth-order valence-electron chi connectivity index (χ4n) is 5.89. The van der Waals surface area contributed by atoms with Crippen LogP contribution in [0.15, 0.2) is 138 Å². The third-order valence-corrected chi connectivity index (χ3v) is 7.82. The fourth-order valence-corrected chi connectivity index (χ4v) is 5.89. The molecule has 0 N–H and O–H groups in total. The number of hydrogen-bond donors (Lipinski definition) is 0. The highest BCUT2D eigenvalue weighted by atomic mass is 16.3. The van der Waals surface area contributed by atoms with Gasteiger partial charge >= 0.3 is 0 Å². The number of fused-ring (bicyclic) bond motifs is 6. The molecule has 0 atom stereocenters. The van der Waals surface area contributed by atoms with Crippen LogP contribution < -0.4 is 0 Å².